The molecule has 0 saturated heterocycles. The standard InChI is InChI=1S/C18H11ClN2O/c19-14-9-5-4-8-13(14)15-16(18(15,10-20)11-21)17(22)12-6-2-1-3-7-12/h1-9,15-16H. The highest BCUT2D eigenvalue weighted by molar-refractivity contribution is 6.31. The van der Waals surface area contributed by atoms with Crippen molar-refractivity contribution in [3.05, 3.63) is 70.7 Å². The molecule has 106 valence electrons. The van der Waals surface area contributed by atoms with E-state index in [1.54, 1.807) is 48.5 Å². The van der Waals surface area contributed by atoms with E-state index in [4.69, 9.17) is 11.6 Å². The Hall–Kier alpha value is -2.62. The molecule has 0 heterocycles. The number of halogens is 1. The Morgan fingerprint density at radius 2 is 1.59 bits per heavy atom. The summed E-state index contributed by atoms with van der Waals surface area (Å²) in [5.41, 5.74) is -0.142. The predicted molar refractivity (Wildman–Crippen MR) is 82.1 cm³/mol. The van der Waals surface area contributed by atoms with Crippen molar-refractivity contribution in [2.24, 2.45) is 11.3 Å². The van der Waals surface area contributed by atoms with Gasteiger partial charge in [0.05, 0.1) is 18.1 Å². The third-order valence-corrected chi connectivity index (χ3v) is 4.50. The summed E-state index contributed by atoms with van der Waals surface area (Å²) in [7, 11) is 0. The van der Waals surface area contributed by atoms with E-state index in [0.29, 0.717) is 16.1 Å². The zero-order valence-corrected chi connectivity index (χ0v) is 12.3. The molecule has 2 aromatic rings. The van der Waals surface area contributed by atoms with Gasteiger partial charge >= 0.3 is 0 Å². The highest BCUT2D eigenvalue weighted by Crippen LogP contribution is 2.66. The van der Waals surface area contributed by atoms with Gasteiger partial charge in [-0.2, -0.15) is 10.5 Å². The van der Waals surface area contributed by atoms with E-state index in [2.05, 4.69) is 0 Å². The first-order chi connectivity index (χ1) is 10.7. The molecule has 1 fully saturated rings. The lowest BCUT2D eigenvalue weighted by Crippen LogP contribution is -2.08. The van der Waals surface area contributed by atoms with Gasteiger partial charge in [0.1, 0.15) is 0 Å². The molecule has 0 radical (unpaired) electrons. The molecule has 2 aromatic carbocycles. The lowest BCUT2D eigenvalue weighted by Gasteiger charge is -2.02. The van der Waals surface area contributed by atoms with Crippen LogP contribution in [0.15, 0.2) is 54.6 Å². The average molecular weight is 307 g/mol. The molecule has 1 aliphatic rings. The Morgan fingerprint density at radius 1 is 1.00 bits per heavy atom. The van der Waals surface area contributed by atoms with Crippen molar-refractivity contribution in [1.82, 2.24) is 0 Å². The zero-order chi connectivity index (χ0) is 15.7. The van der Waals surface area contributed by atoms with Crippen LogP contribution in [0.5, 0.6) is 0 Å². The molecule has 0 amide bonds. The fraction of sp³-hybridized carbons (Fsp3) is 0.167. The van der Waals surface area contributed by atoms with Crippen LogP contribution in [0.4, 0.5) is 0 Å². The van der Waals surface area contributed by atoms with Gasteiger partial charge in [0.15, 0.2) is 11.2 Å². The van der Waals surface area contributed by atoms with Crippen molar-refractivity contribution in [1.29, 1.82) is 10.5 Å². The quantitative estimate of drug-likeness (QED) is 0.806. The van der Waals surface area contributed by atoms with E-state index >= 15 is 0 Å². The average Bonchev–Trinajstić information content (AvgIpc) is 3.24. The number of carbonyl (C=O) groups is 1. The largest absolute Gasteiger partial charge is 0.294 e. The third kappa shape index (κ3) is 1.99. The molecule has 0 spiro atoms. The minimum atomic E-state index is -1.34. The molecule has 2 unspecified atom stereocenters. The van der Waals surface area contributed by atoms with Crippen molar-refractivity contribution in [3.63, 3.8) is 0 Å². The van der Waals surface area contributed by atoms with Crippen LogP contribution in [0.3, 0.4) is 0 Å². The lowest BCUT2D eigenvalue weighted by molar-refractivity contribution is 0.0958. The fourth-order valence-corrected chi connectivity index (χ4v) is 3.24. The number of hydrogen-bond acceptors (Lipinski definition) is 3. The molecule has 3 rings (SSSR count). The van der Waals surface area contributed by atoms with Crippen molar-refractivity contribution in [2.75, 3.05) is 0 Å². The number of nitrogens with zero attached hydrogens (tertiary/aromatic N) is 2. The molecule has 0 aromatic heterocycles. The molecule has 0 aliphatic heterocycles. The number of rotatable bonds is 3. The number of ketones is 1. The number of hydrogen-bond donors (Lipinski definition) is 0. The van der Waals surface area contributed by atoms with Gasteiger partial charge in [0.2, 0.25) is 0 Å². The molecule has 0 N–H and O–H groups in total. The monoisotopic (exact) mass is 306 g/mol. The lowest BCUT2D eigenvalue weighted by atomic mass is 10.0. The maximum absolute atomic E-state index is 12.7. The Morgan fingerprint density at radius 3 is 2.18 bits per heavy atom. The van der Waals surface area contributed by atoms with Crippen molar-refractivity contribution < 1.29 is 4.79 Å². The van der Waals surface area contributed by atoms with Crippen LogP contribution >= 0.6 is 11.6 Å². The van der Waals surface area contributed by atoms with Crippen molar-refractivity contribution >= 4 is 17.4 Å². The normalized spacial score (nSPS) is 21.4. The maximum atomic E-state index is 12.7. The molecule has 1 saturated carbocycles. The Labute approximate surface area is 133 Å². The Bertz CT molecular complexity index is 803. The van der Waals surface area contributed by atoms with Crippen molar-refractivity contribution in [2.45, 2.75) is 5.92 Å². The highest BCUT2D eigenvalue weighted by atomic mass is 35.5. The molecule has 2 atom stereocenters. The molecule has 22 heavy (non-hydrogen) atoms. The summed E-state index contributed by atoms with van der Waals surface area (Å²) < 4.78 is 0. The van der Waals surface area contributed by atoms with Crippen LogP contribution in [0, 0.1) is 34.0 Å². The van der Waals surface area contributed by atoms with Gasteiger partial charge in [0.25, 0.3) is 0 Å². The number of Topliss-reactive ketones (excluding diaryl/α,β-unsaturated/α-hetero) is 1. The van der Waals surface area contributed by atoms with E-state index in [-0.39, 0.29) is 5.78 Å². The summed E-state index contributed by atoms with van der Waals surface area (Å²) in [4.78, 5) is 12.7. The summed E-state index contributed by atoms with van der Waals surface area (Å²) in [5, 5.41) is 19.4. The van der Waals surface area contributed by atoms with Gasteiger partial charge in [-0.25, -0.2) is 0 Å². The maximum Gasteiger partial charge on any atom is 0.169 e. The molecule has 4 heteroatoms. The second-order valence-electron chi connectivity index (χ2n) is 5.30. The van der Waals surface area contributed by atoms with Gasteiger partial charge in [-0.15, -0.1) is 0 Å². The predicted octanol–water partition coefficient (Wildman–Crippen LogP) is 3.97. The molecule has 1 aliphatic carbocycles. The summed E-state index contributed by atoms with van der Waals surface area (Å²) in [6.45, 7) is 0. The number of carbonyl (C=O) groups excluding carboxylic acids is 1. The van der Waals surface area contributed by atoms with Crippen LogP contribution in [-0.4, -0.2) is 5.78 Å². The van der Waals surface area contributed by atoms with Gasteiger partial charge in [-0.1, -0.05) is 60.1 Å². The van der Waals surface area contributed by atoms with Crippen LogP contribution < -0.4 is 0 Å². The van der Waals surface area contributed by atoms with E-state index in [0.717, 1.165) is 0 Å². The van der Waals surface area contributed by atoms with Crippen LogP contribution in [0.25, 0.3) is 0 Å². The minimum Gasteiger partial charge on any atom is -0.294 e. The number of benzene rings is 2. The van der Waals surface area contributed by atoms with E-state index in [1.165, 1.54) is 0 Å². The van der Waals surface area contributed by atoms with E-state index < -0.39 is 17.3 Å². The number of nitriles is 2. The fourth-order valence-electron chi connectivity index (χ4n) is 2.98. The van der Waals surface area contributed by atoms with Gasteiger partial charge < -0.3 is 0 Å². The van der Waals surface area contributed by atoms with Gasteiger partial charge in [-0.3, -0.25) is 4.79 Å². The summed E-state index contributed by atoms with van der Waals surface area (Å²) in [6, 6.07) is 19.9. The van der Waals surface area contributed by atoms with Gasteiger partial charge in [0, 0.05) is 16.5 Å². The molecule has 3 nitrogen and oxygen atoms in total. The van der Waals surface area contributed by atoms with Crippen molar-refractivity contribution in [3.8, 4) is 12.1 Å². The summed E-state index contributed by atoms with van der Waals surface area (Å²) in [5.74, 6) is -1.35. The van der Waals surface area contributed by atoms with Gasteiger partial charge in [-0.05, 0) is 11.6 Å². The zero-order valence-electron chi connectivity index (χ0n) is 11.5. The minimum absolute atomic E-state index is 0.186. The van der Waals surface area contributed by atoms with E-state index in [1.807, 2.05) is 18.2 Å². The third-order valence-electron chi connectivity index (χ3n) is 4.16. The smallest absolute Gasteiger partial charge is 0.169 e. The Balaban J connectivity index is 2.05. The second-order valence-corrected chi connectivity index (χ2v) is 5.71. The Kier molecular flexibility index (Phi) is 3.45. The van der Waals surface area contributed by atoms with E-state index in [9.17, 15) is 15.3 Å². The summed E-state index contributed by atoms with van der Waals surface area (Å²) >= 11 is 6.19. The highest BCUT2D eigenvalue weighted by Gasteiger charge is 2.71. The molecular weight excluding hydrogens is 296 g/mol. The topological polar surface area (TPSA) is 64.7 Å². The van der Waals surface area contributed by atoms with Crippen LogP contribution in [0.2, 0.25) is 5.02 Å². The SMILES string of the molecule is N#CC1(C#N)C(C(=O)c2ccccc2)C1c1ccccc1Cl. The van der Waals surface area contributed by atoms with Crippen LogP contribution in [-0.2, 0) is 0 Å². The molecular formula is C18H11ClN2O. The first kappa shape index (κ1) is 14.3. The first-order valence-electron chi connectivity index (χ1n) is 6.82. The molecule has 0 bridgehead atoms. The first-order valence-corrected chi connectivity index (χ1v) is 7.19. The second kappa shape index (κ2) is 5.30. The van der Waals surface area contributed by atoms with Crippen LogP contribution in [0.1, 0.15) is 21.8 Å². The summed E-state index contributed by atoms with van der Waals surface area (Å²) in [6.07, 6.45) is 0.